The van der Waals surface area contributed by atoms with Crippen molar-refractivity contribution in [3.63, 3.8) is 0 Å². The third kappa shape index (κ3) is 27.9. The molecule has 0 aliphatic heterocycles. The smallest absolute Gasteiger partial charge is 0.151 e. The largest absolute Gasteiger partial charge is 0.299 e. The van der Waals surface area contributed by atoms with Crippen LogP contribution in [0.1, 0.15) is 201 Å². The molecule has 0 N–H and O–H groups in total. The third-order valence-electron chi connectivity index (χ3n) is 8.62. The maximum atomic E-state index is 12.6. The van der Waals surface area contributed by atoms with Crippen LogP contribution in [0.3, 0.4) is 0 Å². The number of rotatable bonds is 33. The molecule has 0 aliphatic rings. The van der Waals surface area contributed by atoms with Gasteiger partial charge in [0.05, 0.1) is 0 Å². The molecule has 246 valence electrons. The van der Waals surface area contributed by atoms with E-state index in [0.29, 0.717) is 12.8 Å². The molecule has 0 heterocycles. The topological polar surface area (TPSA) is 34.1 Å². The summed E-state index contributed by atoms with van der Waals surface area (Å²) in [6.07, 6.45) is 43.0. The Balaban J connectivity index is 3.63. The SMILES string of the molecule is CCCCCCCC/C=C\CCCCCCCC(=O)C(C)C(Cl)C(=O)CCCCCCC/C=C\CCCCCCCC. The lowest BCUT2D eigenvalue weighted by Gasteiger charge is -2.16. The molecule has 0 saturated heterocycles. The second-order valence-electron chi connectivity index (χ2n) is 12.8. The first-order chi connectivity index (χ1) is 20.5. The molecular formula is C39H71ClO2. The van der Waals surface area contributed by atoms with Gasteiger partial charge in [0.25, 0.3) is 0 Å². The van der Waals surface area contributed by atoms with Gasteiger partial charge in [-0.3, -0.25) is 9.59 Å². The molecule has 2 atom stereocenters. The number of alkyl halides is 1. The minimum atomic E-state index is -0.655. The van der Waals surface area contributed by atoms with Crippen LogP contribution in [0, 0.1) is 5.92 Å². The summed E-state index contributed by atoms with van der Waals surface area (Å²) in [6, 6.07) is 0. The fourth-order valence-corrected chi connectivity index (χ4v) is 5.80. The van der Waals surface area contributed by atoms with Crippen molar-refractivity contribution in [2.75, 3.05) is 0 Å². The summed E-state index contributed by atoms with van der Waals surface area (Å²) in [7, 11) is 0. The summed E-state index contributed by atoms with van der Waals surface area (Å²) >= 11 is 6.43. The van der Waals surface area contributed by atoms with E-state index in [1.54, 1.807) is 0 Å². The number of halogens is 1. The van der Waals surface area contributed by atoms with Crippen molar-refractivity contribution in [1.82, 2.24) is 0 Å². The lowest BCUT2D eigenvalue weighted by atomic mass is 9.93. The number of hydrogen-bond acceptors (Lipinski definition) is 2. The van der Waals surface area contributed by atoms with Crippen molar-refractivity contribution in [3.8, 4) is 0 Å². The Morgan fingerprint density at radius 2 is 0.738 bits per heavy atom. The van der Waals surface area contributed by atoms with Crippen LogP contribution < -0.4 is 0 Å². The molecule has 0 amide bonds. The molecule has 0 spiro atoms. The van der Waals surface area contributed by atoms with Gasteiger partial charge in [-0.15, -0.1) is 11.6 Å². The minimum Gasteiger partial charge on any atom is -0.299 e. The first kappa shape index (κ1) is 41.1. The Bertz CT molecular complexity index is 597. The molecule has 0 aliphatic carbocycles. The van der Waals surface area contributed by atoms with Crippen LogP contribution in [0.25, 0.3) is 0 Å². The van der Waals surface area contributed by atoms with Crippen LogP contribution in [-0.2, 0) is 9.59 Å². The van der Waals surface area contributed by atoms with Crippen molar-refractivity contribution in [1.29, 1.82) is 0 Å². The molecule has 0 rings (SSSR count). The molecule has 2 nitrogen and oxygen atoms in total. The monoisotopic (exact) mass is 607 g/mol. The average molecular weight is 607 g/mol. The van der Waals surface area contributed by atoms with Crippen LogP contribution in [0.5, 0.6) is 0 Å². The van der Waals surface area contributed by atoms with Gasteiger partial charge in [0.1, 0.15) is 11.2 Å². The van der Waals surface area contributed by atoms with E-state index in [0.717, 1.165) is 25.7 Å². The zero-order chi connectivity index (χ0) is 30.9. The highest BCUT2D eigenvalue weighted by Gasteiger charge is 2.27. The second kappa shape index (κ2) is 33.0. The molecule has 0 radical (unpaired) electrons. The van der Waals surface area contributed by atoms with Crippen LogP contribution in [0.2, 0.25) is 0 Å². The molecule has 2 unspecified atom stereocenters. The van der Waals surface area contributed by atoms with Crippen molar-refractivity contribution < 1.29 is 9.59 Å². The molecule has 0 saturated carbocycles. The van der Waals surface area contributed by atoms with Crippen molar-refractivity contribution in [2.24, 2.45) is 5.92 Å². The zero-order valence-corrected chi connectivity index (χ0v) is 29.2. The lowest BCUT2D eigenvalue weighted by Crippen LogP contribution is -2.28. The molecule has 0 fully saturated rings. The highest BCUT2D eigenvalue weighted by atomic mass is 35.5. The maximum absolute atomic E-state index is 12.6. The first-order valence-corrected chi connectivity index (χ1v) is 19.0. The van der Waals surface area contributed by atoms with Gasteiger partial charge in [-0.05, 0) is 64.2 Å². The van der Waals surface area contributed by atoms with Gasteiger partial charge in [-0.1, -0.05) is 148 Å². The number of ketones is 2. The van der Waals surface area contributed by atoms with Crippen LogP contribution in [0.15, 0.2) is 24.3 Å². The van der Waals surface area contributed by atoms with Gasteiger partial charge in [0.15, 0.2) is 5.78 Å². The summed E-state index contributed by atoms with van der Waals surface area (Å²) < 4.78 is 0. The number of carbonyl (C=O) groups excluding carboxylic acids is 2. The van der Waals surface area contributed by atoms with Gasteiger partial charge in [-0.2, -0.15) is 0 Å². The van der Waals surface area contributed by atoms with Gasteiger partial charge in [0.2, 0.25) is 0 Å². The standard InChI is InChI=1S/C39H71ClO2/c1-4-6-8-10-12-14-16-18-20-22-24-26-28-30-32-34-37(41)36(3)39(40)38(42)35-33-31-29-27-25-23-21-19-17-15-13-11-9-7-5-2/h18-21,36,39H,4-17,22-35H2,1-3H3/b20-18-,21-19-. The Labute approximate surface area is 268 Å². The number of allylic oxidation sites excluding steroid dienone is 4. The van der Waals surface area contributed by atoms with Gasteiger partial charge < -0.3 is 0 Å². The van der Waals surface area contributed by atoms with Crippen LogP contribution in [0.4, 0.5) is 0 Å². The average Bonchev–Trinajstić information content (AvgIpc) is 3.00. The normalized spacial score (nSPS) is 13.3. The summed E-state index contributed by atoms with van der Waals surface area (Å²) in [4.78, 5) is 25.1. The fraction of sp³-hybridized carbons (Fsp3) is 0.846. The zero-order valence-electron chi connectivity index (χ0n) is 28.5. The van der Waals surface area contributed by atoms with E-state index >= 15 is 0 Å². The predicted octanol–water partition coefficient (Wildman–Crippen LogP) is 13.4. The van der Waals surface area contributed by atoms with E-state index in [9.17, 15) is 9.59 Å². The molecule has 0 bridgehead atoms. The molecule has 0 aromatic rings. The molecule has 42 heavy (non-hydrogen) atoms. The predicted molar refractivity (Wildman–Crippen MR) is 188 cm³/mol. The van der Waals surface area contributed by atoms with Crippen molar-refractivity contribution in [2.45, 2.75) is 206 Å². The first-order valence-electron chi connectivity index (χ1n) is 18.5. The van der Waals surface area contributed by atoms with Crippen molar-refractivity contribution in [3.05, 3.63) is 24.3 Å². The number of unbranched alkanes of at least 4 members (excludes halogenated alkanes) is 22. The van der Waals surface area contributed by atoms with Gasteiger partial charge in [-0.25, -0.2) is 0 Å². The Morgan fingerprint density at radius 1 is 0.452 bits per heavy atom. The van der Waals surface area contributed by atoms with Gasteiger partial charge >= 0.3 is 0 Å². The number of Topliss-reactive ketones (excluding diaryl/α,β-unsaturated/α-hetero) is 2. The van der Waals surface area contributed by atoms with Crippen LogP contribution >= 0.6 is 11.6 Å². The van der Waals surface area contributed by atoms with E-state index in [1.165, 1.54) is 141 Å². The second-order valence-corrected chi connectivity index (χ2v) is 13.3. The Kier molecular flexibility index (Phi) is 32.3. The molecule has 0 aromatic heterocycles. The van der Waals surface area contributed by atoms with E-state index < -0.39 is 5.38 Å². The number of hydrogen-bond donors (Lipinski definition) is 0. The van der Waals surface area contributed by atoms with Crippen molar-refractivity contribution >= 4 is 23.2 Å². The summed E-state index contributed by atoms with van der Waals surface area (Å²) in [5.41, 5.74) is 0. The molecule has 0 aromatic carbocycles. The fourth-order valence-electron chi connectivity index (χ4n) is 5.55. The van der Waals surface area contributed by atoms with E-state index in [2.05, 4.69) is 38.2 Å². The Hall–Kier alpha value is -0.890. The third-order valence-corrected chi connectivity index (χ3v) is 9.25. The number of carbonyl (C=O) groups is 2. The summed E-state index contributed by atoms with van der Waals surface area (Å²) in [6.45, 7) is 6.38. The summed E-state index contributed by atoms with van der Waals surface area (Å²) in [5, 5.41) is -0.655. The highest BCUT2D eigenvalue weighted by molar-refractivity contribution is 6.32. The summed E-state index contributed by atoms with van der Waals surface area (Å²) in [5.74, 6) is -0.149. The Morgan fingerprint density at radius 3 is 1.10 bits per heavy atom. The molecular weight excluding hydrogens is 536 g/mol. The van der Waals surface area contributed by atoms with E-state index in [1.807, 2.05) is 6.92 Å². The molecule has 3 heteroatoms. The van der Waals surface area contributed by atoms with Crippen LogP contribution in [-0.4, -0.2) is 16.9 Å². The van der Waals surface area contributed by atoms with E-state index in [4.69, 9.17) is 11.6 Å². The van der Waals surface area contributed by atoms with Gasteiger partial charge in [0, 0.05) is 18.8 Å². The highest BCUT2D eigenvalue weighted by Crippen LogP contribution is 2.20. The minimum absolute atomic E-state index is 0.0553. The quantitative estimate of drug-likeness (QED) is 0.0423. The van der Waals surface area contributed by atoms with E-state index in [-0.39, 0.29) is 17.5 Å². The maximum Gasteiger partial charge on any atom is 0.151 e. The lowest BCUT2D eigenvalue weighted by molar-refractivity contribution is -0.127.